The van der Waals surface area contributed by atoms with E-state index >= 15 is 0 Å². The highest BCUT2D eigenvalue weighted by Crippen LogP contribution is 2.27. The van der Waals surface area contributed by atoms with Crippen molar-refractivity contribution >= 4 is 27.4 Å². The van der Waals surface area contributed by atoms with Crippen molar-refractivity contribution in [2.45, 2.75) is 6.61 Å². The topological polar surface area (TPSA) is 59.4 Å². The van der Waals surface area contributed by atoms with Crippen molar-refractivity contribution in [1.82, 2.24) is 4.98 Å². The molecule has 100 valence electrons. The van der Waals surface area contributed by atoms with Crippen LogP contribution in [0.2, 0.25) is 0 Å². The number of carbonyl (C=O) groups is 1. The summed E-state index contributed by atoms with van der Waals surface area (Å²) in [5.74, 6) is -0.729. The van der Waals surface area contributed by atoms with Crippen LogP contribution in [0.1, 0.15) is 15.9 Å². The number of hydrogen-bond acceptors (Lipinski definition) is 4. The first-order chi connectivity index (χ1) is 9.75. The summed E-state index contributed by atoms with van der Waals surface area (Å²) in [6, 6.07) is 9.49. The molecule has 0 saturated heterocycles. The van der Waals surface area contributed by atoms with E-state index in [1.165, 1.54) is 23.2 Å². The number of benzene rings is 1. The second kappa shape index (κ2) is 5.30. The summed E-state index contributed by atoms with van der Waals surface area (Å²) >= 11 is 1.65. The Morgan fingerprint density at radius 2 is 2.15 bits per heavy atom. The molecule has 0 atom stereocenters. The average Bonchev–Trinajstić information content (AvgIpc) is 2.88. The van der Waals surface area contributed by atoms with Gasteiger partial charge in [0.05, 0.1) is 6.20 Å². The Morgan fingerprint density at radius 3 is 3.00 bits per heavy atom. The third kappa shape index (κ3) is 2.35. The zero-order valence-corrected chi connectivity index (χ0v) is 11.3. The molecule has 4 nitrogen and oxygen atoms in total. The van der Waals surface area contributed by atoms with E-state index < -0.39 is 5.97 Å². The lowest BCUT2D eigenvalue weighted by molar-refractivity contribution is 0.0691. The van der Waals surface area contributed by atoms with Gasteiger partial charge in [-0.05, 0) is 22.9 Å². The van der Waals surface area contributed by atoms with E-state index in [1.807, 2.05) is 23.6 Å². The van der Waals surface area contributed by atoms with Crippen LogP contribution in [0.5, 0.6) is 5.75 Å². The number of hydrogen-bond donors (Lipinski definition) is 1. The summed E-state index contributed by atoms with van der Waals surface area (Å²) in [6.07, 6.45) is 2.87. The average molecular weight is 285 g/mol. The van der Waals surface area contributed by atoms with Crippen LogP contribution in [-0.4, -0.2) is 16.1 Å². The molecule has 2 heterocycles. The van der Waals surface area contributed by atoms with Crippen molar-refractivity contribution in [3.63, 3.8) is 0 Å². The van der Waals surface area contributed by atoms with Crippen molar-refractivity contribution in [2.24, 2.45) is 0 Å². The first-order valence-electron chi connectivity index (χ1n) is 6.01. The fraction of sp³-hybridized carbons (Fsp3) is 0.0667. The molecular weight excluding hydrogens is 274 g/mol. The van der Waals surface area contributed by atoms with Crippen LogP contribution in [0, 0.1) is 0 Å². The van der Waals surface area contributed by atoms with Crippen LogP contribution in [-0.2, 0) is 6.61 Å². The molecule has 0 aliphatic carbocycles. The molecule has 0 spiro atoms. The van der Waals surface area contributed by atoms with Gasteiger partial charge in [0.25, 0.3) is 0 Å². The molecule has 3 aromatic rings. The summed E-state index contributed by atoms with van der Waals surface area (Å²) < 4.78 is 6.80. The normalized spacial score (nSPS) is 10.6. The van der Waals surface area contributed by atoms with Gasteiger partial charge in [-0.15, -0.1) is 11.3 Å². The van der Waals surface area contributed by atoms with Gasteiger partial charge < -0.3 is 9.84 Å². The molecule has 1 N–H and O–H groups in total. The standard InChI is InChI=1S/C15H11NO3S/c17-15(18)12-5-6-16-7-13(12)19-8-10-9-20-14-4-2-1-3-11(10)14/h1-7,9H,8H2,(H,17,18). The maximum Gasteiger partial charge on any atom is 0.339 e. The van der Waals surface area contributed by atoms with Crippen molar-refractivity contribution in [3.8, 4) is 5.75 Å². The van der Waals surface area contributed by atoms with E-state index in [0.29, 0.717) is 6.61 Å². The zero-order chi connectivity index (χ0) is 13.9. The molecule has 20 heavy (non-hydrogen) atoms. The highest BCUT2D eigenvalue weighted by atomic mass is 32.1. The van der Waals surface area contributed by atoms with Gasteiger partial charge in [-0.3, -0.25) is 4.98 Å². The van der Waals surface area contributed by atoms with Gasteiger partial charge in [-0.2, -0.15) is 0 Å². The molecule has 0 unspecified atom stereocenters. The lowest BCUT2D eigenvalue weighted by Crippen LogP contribution is -2.03. The van der Waals surface area contributed by atoms with E-state index in [2.05, 4.69) is 11.1 Å². The van der Waals surface area contributed by atoms with Crippen LogP contribution in [0.15, 0.2) is 48.1 Å². The number of fused-ring (bicyclic) bond motifs is 1. The largest absolute Gasteiger partial charge is 0.486 e. The van der Waals surface area contributed by atoms with Gasteiger partial charge in [0.2, 0.25) is 0 Å². The van der Waals surface area contributed by atoms with Crippen LogP contribution in [0.4, 0.5) is 0 Å². The Hall–Kier alpha value is -2.40. The first kappa shape index (κ1) is 12.6. The van der Waals surface area contributed by atoms with Crippen LogP contribution in [0.3, 0.4) is 0 Å². The SMILES string of the molecule is O=C(O)c1ccncc1OCc1csc2ccccc12. The summed E-state index contributed by atoms with van der Waals surface area (Å²) in [4.78, 5) is 15.0. The minimum atomic E-state index is -1.02. The number of carboxylic acid groups (broad SMARTS) is 1. The van der Waals surface area contributed by atoms with Crippen LogP contribution in [0.25, 0.3) is 10.1 Å². The summed E-state index contributed by atoms with van der Waals surface area (Å²) in [5, 5.41) is 12.3. The van der Waals surface area contributed by atoms with E-state index in [9.17, 15) is 4.79 Å². The predicted molar refractivity (Wildman–Crippen MR) is 77.4 cm³/mol. The van der Waals surface area contributed by atoms with Gasteiger partial charge in [-0.1, -0.05) is 18.2 Å². The number of thiophene rings is 1. The van der Waals surface area contributed by atoms with Gasteiger partial charge in [-0.25, -0.2) is 4.79 Å². The number of carboxylic acids is 1. The minimum absolute atomic E-state index is 0.125. The molecule has 3 rings (SSSR count). The molecule has 0 aliphatic rings. The summed E-state index contributed by atoms with van der Waals surface area (Å²) in [5.41, 5.74) is 1.17. The monoisotopic (exact) mass is 285 g/mol. The Bertz CT molecular complexity index is 766. The molecule has 5 heteroatoms. The highest BCUT2D eigenvalue weighted by molar-refractivity contribution is 7.17. The fourth-order valence-electron chi connectivity index (χ4n) is 1.97. The maximum atomic E-state index is 11.1. The lowest BCUT2D eigenvalue weighted by Gasteiger charge is -2.07. The summed E-state index contributed by atoms with van der Waals surface area (Å²) in [7, 11) is 0. The number of aromatic nitrogens is 1. The maximum absolute atomic E-state index is 11.1. The molecule has 0 radical (unpaired) electrons. The fourth-order valence-corrected chi connectivity index (χ4v) is 2.92. The second-order valence-corrected chi connectivity index (χ2v) is 5.13. The third-order valence-electron chi connectivity index (χ3n) is 2.96. The molecule has 0 saturated carbocycles. The molecule has 0 fully saturated rings. The van der Waals surface area contributed by atoms with E-state index in [1.54, 1.807) is 11.3 Å². The van der Waals surface area contributed by atoms with Crippen LogP contribution >= 0.6 is 11.3 Å². The quantitative estimate of drug-likeness (QED) is 0.796. The Kier molecular flexibility index (Phi) is 3.35. The molecule has 2 aromatic heterocycles. The molecule has 1 aromatic carbocycles. The first-order valence-corrected chi connectivity index (χ1v) is 6.89. The molecule has 0 bridgehead atoms. The number of rotatable bonds is 4. The number of pyridine rings is 1. The zero-order valence-electron chi connectivity index (χ0n) is 10.4. The number of aromatic carboxylic acids is 1. The highest BCUT2D eigenvalue weighted by Gasteiger charge is 2.12. The van der Waals surface area contributed by atoms with Gasteiger partial charge in [0, 0.05) is 16.5 Å². The second-order valence-electron chi connectivity index (χ2n) is 4.22. The van der Waals surface area contributed by atoms with E-state index in [-0.39, 0.29) is 11.3 Å². The van der Waals surface area contributed by atoms with Gasteiger partial charge in [0.1, 0.15) is 12.2 Å². The van der Waals surface area contributed by atoms with E-state index in [4.69, 9.17) is 9.84 Å². The predicted octanol–water partition coefficient (Wildman–Crippen LogP) is 3.57. The Morgan fingerprint density at radius 1 is 1.30 bits per heavy atom. The van der Waals surface area contributed by atoms with Crippen molar-refractivity contribution in [3.05, 3.63) is 59.2 Å². The van der Waals surface area contributed by atoms with Crippen molar-refractivity contribution in [1.29, 1.82) is 0 Å². The number of ether oxygens (including phenoxy) is 1. The van der Waals surface area contributed by atoms with Crippen molar-refractivity contribution in [2.75, 3.05) is 0 Å². The smallest absolute Gasteiger partial charge is 0.339 e. The lowest BCUT2D eigenvalue weighted by atomic mass is 10.2. The van der Waals surface area contributed by atoms with E-state index in [0.717, 1.165) is 10.9 Å². The van der Waals surface area contributed by atoms with Crippen molar-refractivity contribution < 1.29 is 14.6 Å². The Balaban J connectivity index is 1.85. The molecular formula is C15H11NO3S. The number of nitrogens with zero attached hydrogens (tertiary/aromatic N) is 1. The third-order valence-corrected chi connectivity index (χ3v) is 3.97. The molecule has 0 aliphatic heterocycles. The molecule has 0 amide bonds. The van der Waals surface area contributed by atoms with Gasteiger partial charge >= 0.3 is 5.97 Å². The van der Waals surface area contributed by atoms with Crippen LogP contribution < -0.4 is 4.74 Å². The Labute approximate surface area is 119 Å². The van der Waals surface area contributed by atoms with Gasteiger partial charge in [0.15, 0.2) is 5.75 Å². The summed E-state index contributed by atoms with van der Waals surface area (Å²) in [6.45, 7) is 0.329. The minimum Gasteiger partial charge on any atom is -0.486 e.